The summed E-state index contributed by atoms with van der Waals surface area (Å²) in [5.74, 6) is -1.18. The van der Waals surface area contributed by atoms with Gasteiger partial charge in [-0.2, -0.15) is 18.4 Å². The third kappa shape index (κ3) is 1.91. The van der Waals surface area contributed by atoms with Crippen molar-refractivity contribution in [3.8, 4) is 6.07 Å². The number of rotatable bonds is 1. The Labute approximate surface area is 77.6 Å². The highest BCUT2D eigenvalue weighted by molar-refractivity contribution is 6.08. The van der Waals surface area contributed by atoms with Crippen LogP contribution >= 0.6 is 0 Å². The molecule has 0 N–H and O–H groups in total. The fourth-order valence-corrected chi connectivity index (χ4v) is 0.989. The van der Waals surface area contributed by atoms with Crippen LogP contribution in [-0.4, -0.2) is 5.78 Å². The molecule has 1 aromatic carbocycles. The highest BCUT2D eigenvalue weighted by atomic mass is 19.4. The molecule has 0 unspecified atom stereocenters. The van der Waals surface area contributed by atoms with Gasteiger partial charge < -0.3 is 0 Å². The molecule has 0 aliphatic heterocycles. The Bertz CT molecular complexity index is 403. The van der Waals surface area contributed by atoms with Crippen LogP contribution in [0.25, 0.3) is 0 Å². The molecule has 0 saturated heterocycles. The highest BCUT2D eigenvalue weighted by Crippen LogP contribution is 2.31. The normalized spacial score (nSPS) is 10.7. The molecule has 0 aliphatic rings. The molecule has 2 nitrogen and oxygen atoms in total. The molecule has 5 heteroatoms. The summed E-state index contributed by atoms with van der Waals surface area (Å²) in [7, 11) is 0. The predicted octanol–water partition coefficient (Wildman–Crippen LogP) is 2.41. The maximum absolute atomic E-state index is 12.3. The van der Waals surface area contributed by atoms with Gasteiger partial charge >= 0.3 is 6.18 Å². The summed E-state index contributed by atoms with van der Waals surface area (Å²) < 4.78 is 36.9. The first kappa shape index (κ1) is 10.3. The van der Waals surface area contributed by atoms with Gasteiger partial charge in [-0.3, -0.25) is 4.79 Å². The number of hydrogen-bond acceptors (Lipinski definition) is 2. The first-order valence-corrected chi connectivity index (χ1v) is 3.57. The number of carbonyl (C=O) groups excluding carboxylic acids is 1. The molecule has 0 aromatic heterocycles. The number of alkyl halides is 3. The number of Topliss-reactive ketones (excluding diaryl/α,β-unsaturated/α-hetero) is 1. The molecular formula is C9H4F3NO. The van der Waals surface area contributed by atoms with E-state index >= 15 is 0 Å². The van der Waals surface area contributed by atoms with E-state index < -0.39 is 23.1 Å². The Hall–Kier alpha value is -1.83. The van der Waals surface area contributed by atoms with Crippen LogP contribution < -0.4 is 0 Å². The monoisotopic (exact) mass is 199 g/mol. The van der Waals surface area contributed by atoms with Crippen LogP contribution in [0, 0.1) is 11.3 Å². The number of hydrogen-bond donors (Lipinski definition) is 0. The molecule has 14 heavy (non-hydrogen) atoms. The summed E-state index contributed by atoms with van der Waals surface area (Å²) in [6, 6.07) is 5.35. The van der Waals surface area contributed by atoms with E-state index in [2.05, 4.69) is 0 Å². The summed E-state index contributed by atoms with van der Waals surface area (Å²) in [4.78, 5) is 10.8. The zero-order valence-corrected chi connectivity index (χ0v) is 6.80. The van der Waals surface area contributed by atoms with Crippen LogP contribution in [0.15, 0.2) is 24.3 Å². The quantitative estimate of drug-likeness (QED) is 0.514. The van der Waals surface area contributed by atoms with E-state index in [9.17, 15) is 18.0 Å². The Morgan fingerprint density at radius 3 is 2.36 bits per heavy atom. The topological polar surface area (TPSA) is 40.9 Å². The second kappa shape index (κ2) is 3.50. The fraction of sp³-hybridized carbons (Fsp3) is 0.111. The highest BCUT2D eigenvalue weighted by Gasteiger charge is 2.34. The van der Waals surface area contributed by atoms with Gasteiger partial charge in [-0.25, -0.2) is 0 Å². The van der Waals surface area contributed by atoms with E-state index in [1.165, 1.54) is 6.07 Å². The lowest BCUT2D eigenvalue weighted by molar-refractivity contribution is -0.137. The van der Waals surface area contributed by atoms with Gasteiger partial charge in [0, 0.05) is 5.56 Å². The average molecular weight is 199 g/mol. The van der Waals surface area contributed by atoms with Crippen molar-refractivity contribution >= 4 is 5.78 Å². The summed E-state index contributed by atoms with van der Waals surface area (Å²) in [5.41, 5.74) is -1.69. The van der Waals surface area contributed by atoms with Gasteiger partial charge in [0.2, 0.25) is 0 Å². The van der Waals surface area contributed by atoms with Gasteiger partial charge in [-0.15, -0.1) is 0 Å². The maximum Gasteiger partial charge on any atom is 0.417 e. The molecule has 0 heterocycles. The average Bonchev–Trinajstić information content (AvgIpc) is 2.15. The van der Waals surface area contributed by atoms with Crippen LogP contribution in [0.3, 0.4) is 0 Å². The zero-order valence-electron chi connectivity index (χ0n) is 6.80. The van der Waals surface area contributed by atoms with Crippen molar-refractivity contribution < 1.29 is 18.0 Å². The molecule has 0 radical (unpaired) electrons. The van der Waals surface area contributed by atoms with Crippen LogP contribution in [0.1, 0.15) is 15.9 Å². The largest absolute Gasteiger partial charge is 0.417 e. The minimum absolute atomic E-state index is 0.609. The molecular weight excluding hydrogens is 195 g/mol. The number of halogens is 3. The third-order valence-corrected chi connectivity index (χ3v) is 1.58. The minimum Gasteiger partial charge on any atom is -0.277 e. The van der Waals surface area contributed by atoms with Crippen molar-refractivity contribution in [3.05, 3.63) is 35.4 Å². The number of ketones is 1. The van der Waals surface area contributed by atoms with E-state index in [1.54, 1.807) is 0 Å². The number of carbonyl (C=O) groups is 1. The van der Waals surface area contributed by atoms with Gasteiger partial charge in [0.15, 0.2) is 0 Å². The Balaban J connectivity index is 3.32. The van der Waals surface area contributed by atoms with Crippen molar-refractivity contribution in [1.29, 1.82) is 5.26 Å². The van der Waals surface area contributed by atoms with Gasteiger partial charge in [0.1, 0.15) is 6.07 Å². The molecule has 1 rings (SSSR count). The maximum atomic E-state index is 12.3. The van der Waals surface area contributed by atoms with Crippen LogP contribution in [0.4, 0.5) is 13.2 Å². The molecule has 0 bridgehead atoms. The first-order chi connectivity index (χ1) is 6.46. The third-order valence-electron chi connectivity index (χ3n) is 1.58. The van der Waals surface area contributed by atoms with Crippen LogP contribution in [0.2, 0.25) is 0 Å². The SMILES string of the molecule is N#CC(=O)c1ccccc1C(F)(F)F. The van der Waals surface area contributed by atoms with E-state index in [1.807, 2.05) is 0 Å². The summed E-state index contributed by atoms with van der Waals surface area (Å²) in [6.45, 7) is 0. The smallest absolute Gasteiger partial charge is 0.277 e. The van der Waals surface area contributed by atoms with E-state index in [0.717, 1.165) is 24.3 Å². The summed E-state index contributed by atoms with van der Waals surface area (Å²) in [6.07, 6.45) is -4.61. The molecule has 72 valence electrons. The summed E-state index contributed by atoms with van der Waals surface area (Å²) >= 11 is 0. The Morgan fingerprint density at radius 1 is 1.29 bits per heavy atom. The Kier molecular flexibility index (Phi) is 2.56. The van der Waals surface area contributed by atoms with Gasteiger partial charge in [-0.05, 0) is 12.1 Å². The molecule has 0 spiro atoms. The number of benzene rings is 1. The van der Waals surface area contributed by atoms with E-state index in [4.69, 9.17) is 5.26 Å². The second-order valence-electron chi connectivity index (χ2n) is 2.48. The first-order valence-electron chi connectivity index (χ1n) is 3.57. The fourth-order valence-electron chi connectivity index (χ4n) is 0.989. The number of nitriles is 1. The molecule has 1 aromatic rings. The lowest BCUT2D eigenvalue weighted by Crippen LogP contribution is -2.11. The standard InChI is InChI=1S/C9H4F3NO/c10-9(11,12)7-4-2-1-3-6(7)8(14)5-13/h1-4H. The van der Waals surface area contributed by atoms with Crippen LogP contribution in [-0.2, 0) is 6.18 Å². The minimum atomic E-state index is -4.61. The van der Waals surface area contributed by atoms with Crippen molar-refractivity contribution in [2.75, 3.05) is 0 Å². The van der Waals surface area contributed by atoms with Gasteiger partial charge in [0.05, 0.1) is 5.56 Å². The molecule has 0 amide bonds. The number of nitrogens with zero attached hydrogens (tertiary/aromatic N) is 1. The molecule has 0 saturated carbocycles. The van der Waals surface area contributed by atoms with Crippen molar-refractivity contribution in [1.82, 2.24) is 0 Å². The Morgan fingerprint density at radius 2 is 1.86 bits per heavy atom. The van der Waals surface area contributed by atoms with Crippen molar-refractivity contribution in [3.63, 3.8) is 0 Å². The molecule has 0 aliphatic carbocycles. The van der Waals surface area contributed by atoms with E-state index in [0.29, 0.717) is 0 Å². The molecule has 0 fully saturated rings. The predicted molar refractivity (Wildman–Crippen MR) is 41.4 cm³/mol. The van der Waals surface area contributed by atoms with Crippen molar-refractivity contribution in [2.45, 2.75) is 6.18 Å². The molecule has 0 atom stereocenters. The van der Waals surface area contributed by atoms with E-state index in [-0.39, 0.29) is 0 Å². The van der Waals surface area contributed by atoms with Gasteiger partial charge in [-0.1, -0.05) is 12.1 Å². The van der Waals surface area contributed by atoms with Crippen LogP contribution in [0.5, 0.6) is 0 Å². The summed E-state index contributed by atoms with van der Waals surface area (Å²) in [5, 5.41) is 8.21. The van der Waals surface area contributed by atoms with Crippen molar-refractivity contribution in [2.24, 2.45) is 0 Å². The second-order valence-corrected chi connectivity index (χ2v) is 2.48. The van der Waals surface area contributed by atoms with Gasteiger partial charge in [0.25, 0.3) is 5.78 Å². The lowest BCUT2D eigenvalue weighted by atomic mass is 10.0. The lowest BCUT2D eigenvalue weighted by Gasteiger charge is -2.08. The zero-order chi connectivity index (χ0) is 10.8.